The molecule has 0 aliphatic rings. The van der Waals surface area contributed by atoms with Crippen molar-refractivity contribution in [2.24, 2.45) is 5.92 Å². The van der Waals surface area contributed by atoms with Crippen LogP contribution < -0.4 is 5.48 Å². The minimum atomic E-state index is -0.635. The predicted molar refractivity (Wildman–Crippen MR) is 93.1 cm³/mol. The Labute approximate surface area is 148 Å². The molecular formula is C16H17ClN6O2. The zero-order valence-corrected chi connectivity index (χ0v) is 14.4. The number of carbonyl (C=O) groups excluding carboxylic acids is 1. The largest absolute Gasteiger partial charge is 0.340 e. The average molecular weight is 361 g/mol. The van der Waals surface area contributed by atoms with Crippen LogP contribution in [0.3, 0.4) is 0 Å². The van der Waals surface area contributed by atoms with Gasteiger partial charge in [-0.05, 0) is 30.2 Å². The summed E-state index contributed by atoms with van der Waals surface area (Å²) in [4.78, 5) is 19.0. The van der Waals surface area contributed by atoms with Crippen LogP contribution in [0, 0.1) is 5.92 Å². The van der Waals surface area contributed by atoms with Crippen molar-refractivity contribution in [3.8, 4) is 0 Å². The minimum absolute atomic E-state index is 0.160. The number of hydroxylamine groups is 1. The summed E-state index contributed by atoms with van der Waals surface area (Å²) in [7, 11) is 0. The Morgan fingerprint density at radius 3 is 2.96 bits per heavy atom. The van der Waals surface area contributed by atoms with Crippen LogP contribution in [0.1, 0.15) is 31.4 Å². The number of imidazole rings is 1. The lowest BCUT2D eigenvalue weighted by atomic mass is 10.0. The van der Waals surface area contributed by atoms with Crippen molar-refractivity contribution < 1.29 is 10.0 Å². The number of nitrogens with one attached hydrogen (secondary N) is 2. The molecule has 3 aromatic rings. The van der Waals surface area contributed by atoms with E-state index in [9.17, 15) is 4.79 Å². The summed E-state index contributed by atoms with van der Waals surface area (Å²) in [5, 5.41) is 17.3. The van der Waals surface area contributed by atoms with E-state index in [0.717, 1.165) is 16.9 Å². The molecule has 0 spiro atoms. The SMILES string of the molecule is CC(C)C(c1nc2ccc(Cl)cc2[nH]1)n1cc(C=CC(=O)NO)nn1. The molecule has 0 aliphatic carbocycles. The van der Waals surface area contributed by atoms with E-state index in [1.165, 1.54) is 17.6 Å². The van der Waals surface area contributed by atoms with Crippen molar-refractivity contribution in [1.82, 2.24) is 30.4 Å². The number of hydrogen-bond donors (Lipinski definition) is 3. The molecule has 1 atom stereocenters. The number of aromatic amines is 1. The summed E-state index contributed by atoms with van der Waals surface area (Å²) < 4.78 is 1.69. The fraction of sp³-hybridized carbons (Fsp3) is 0.250. The minimum Gasteiger partial charge on any atom is -0.340 e. The van der Waals surface area contributed by atoms with Crippen molar-refractivity contribution in [2.45, 2.75) is 19.9 Å². The Bertz CT molecular complexity index is 930. The van der Waals surface area contributed by atoms with Crippen molar-refractivity contribution in [3.05, 3.63) is 47.0 Å². The van der Waals surface area contributed by atoms with E-state index in [1.54, 1.807) is 16.9 Å². The van der Waals surface area contributed by atoms with Crippen LogP contribution in [0.5, 0.6) is 0 Å². The van der Waals surface area contributed by atoms with Gasteiger partial charge in [-0.15, -0.1) is 5.10 Å². The van der Waals surface area contributed by atoms with E-state index in [-0.39, 0.29) is 12.0 Å². The predicted octanol–water partition coefficient (Wildman–Crippen LogP) is 2.57. The summed E-state index contributed by atoms with van der Waals surface area (Å²) in [6, 6.07) is 5.32. The maximum absolute atomic E-state index is 11.1. The monoisotopic (exact) mass is 360 g/mol. The highest BCUT2D eigenvalue weighted by atomic mass is 35.5. The Hall–Kier alpha value is -2.71. The Morgan fingerprint density at radius 2 is 2.24 bits per heavy atom. The van der Waals surface area contributed by atoms with Gasteiger partial charge in [-0.25, -0.2) is 15.1 Å². The fourth-order valence-corrected chi connectivity index (χ4v) is 2.76. The summed E-state index contributed by atoms with van der Waals surface area (Å²) in [6.07, 6.45) is 4.35. The zero-order chi connectivity index (χ0) is 18.0. The number of hydrogen-bond acceptors (Lipinski definition) is 5. The molecule has 9 heteroatoms. The third-order valence-electron chi connectivity index (χ3n) is 3.70. The van der Waals surface area contributed by atoms with E-state index in [4.69, 9.17) is 16.8 Å². The Kier molecular flexibility index (Phi) is 4.82. The van der Waals surface area contributed by atoms with Crippen LogP contribution in [0.4, 0.5) is 0 Å². The molecule has 1 aromatic carbocycles. The van der Waals surface area contributed by atoms with Crippen LogP contribution in [0.15, 0.2) is 30.5 Å². The number of halogens is 1. The molecule has 3 rings (SSSR count). The van der Waals surface area contributed by atoms with Gasteiger partial charge in [-0.3, -0.25) is 10.0 Å². The summed E-state index contributed by atoms with van der Waals surface area (Å²) in [5.74, 6) is 0.306. The van der Waals surface area contributed by atoms with E-state index < -0.39 is 5.91 Å². The van der Waals surface area contributed by atoms with Gasteiger partial charge in [0.25, 0.3) is 5.91 Å². The molecule has 1 unspecified atom stereocenters. The fourth-order valence-electron chi connectivity index (χ4n) is 2.59. The van der Waals surface area contributed by atoms with Crippen molar-refractivity contribution >= 4 is 34.6 Å². The standard InChI is InChI=1S/C16H17ClN6O2/c1-9(2)15(16-18-12-5-3-10(17)7-13(12)19-16)23-8-11(20-22-23)4-6-14(24)21-25/h3-9,15,25H,1-2H3,(H,18,19)(H,21,24). The smallest absolute Gasteiger partial charge is 0.267 e. The molecule has 1 amide bonds. The number of fused-ring (bicyclic) bond motifs is 1. The molecule has 0 fully saturated rings. The van der Waals surface area contributed by atoms with Crippen molar-refractivity contribution in [1.29, 1.82) is 0 Å². The van der Waals surface area contributed by atoms with Crippen molar-refractivity contribution in [3.63, 3.8) is 0 Å². The number of amides is 1. The average Bonchev–Trinajstić information content (AvgIpc) is 3.19. The molecule has 0 aliphatic heterocycles. The van der Waals surface area contributed by atoms with E-state index >= 15 is 0 Å². The first kappa shape index (κ1) is 17.1. The number of aromatic nitrogens is 5. The van der Waals surface area contributed by atoms with Gasteiger partial charge in [0, 0.05) is 11.1 Å². The van der Waals surface area contributed by atoms with E-state index in [2.05, 4.69) is 34.1 Å². The molecule has 8 nitrogen and oxygen atoms in total. The quantitative estimate of drug-likeness (QED) is 0.368. The number of rotatable bonds is 5. The zero-order valence-electron chi connectivity index (χ0n) is 13.6. The maximum Gasteiger partial charge on any atom is 0.267 e. The van der Waals surface area contributed by atoms with Gasteiger partial charge in [0.1, 0.15) is 17.6 Å². The van der Waals surface area contributed by atoms with Gasteiger partial charge in [0.15, 0.2) is 0 Å². The van der Waals surface area contributed by atoms with Crippen LogP contribution in [0.25, 0.3) is 17.1 Å². The second-order valence-corrected chi connectivity index (χ2v) is 6.34. The van der Waals surface area contributed by atoms with Crippen LogP contribution >= 0.6 is 11.6 Å². The molecule has 25 heavy (non-hydrogen) atoms. The van der Waals surface area contributed by atoms with Gasteiger partial charge in [-0.1, -0.05) is 30.7 Å². The topological polar surface area (TPSA) is 109 Å². The van der Waals surface area contributed by atoms with Crippen molar-refractivity contribution in [2.75, 3.05) is 0 Å². The first-order valence-corrected chi connectivity index (χ1v) is 8.05. The van der Waals surface area contributed by atoms with Crippen LogP contribution in [-0.2, 0) is 4.79 Å². The maximum atomic E-state index is 11.1. The lowest BCUT2D eigenvalue weighted by Gasteiger charge is -2.18. The second kappa shape index (κ2) is 7.04. The number of H-pyrrole nitrogens is 1. The van der Waals surface area contributed by atoms with Crippen LogP contribution in [0.2, 0.25) is 5.02 Å². The molecule has 0 bridgehead atoms. The number of benzene rings is 1. The Balaban J connectivity index is 1.94. The lowest BCUT2D eigenvalue weighted by Crippen LogP contribution is -2.18. The highest BCUT2D eigenvalue weighted by Crippen LogP contribution is 2.27. The summed E-state index contributed by atoms with van der Waals surface area (Å²) in [5.41, 5.74) is 3.69. The van der Waals surface area contributed by atoms with Gasteiger partial charge in [-0.2, -0.15) is 0 Å². The third kappa shape index (κ3) is 3.70. The van der Waals surface area contributed by atoms with Crippen LogP contribution in [-0.4, -0.2) is 36.1 Å². The molecule has 0 radical (unpaired) electrons. The molecule has 130 valence electrons. The molecule has 3 N–H and O–H groups in total. The normalized spacial score (nSPS) is 13.0. The molecule has 0 saturated carbocycles. The van der Waals surface area contributed by atoms with E-state index in [1.807, 2.05) is 12.1 Å². The first-order valence-electron chi connectivity index (χ1n) is 7.67. The van der Waals surface area contributed by atoms with Gasteiger partial charge in [0.2, 0.25) is 0 Å². The highest BCUT2D eigenvalue weighted by Gasteiger charge is 2.23. The van der Waals surface area contributed by atoms with Gasteiger partial charge >= 0.3 is 0 Å². The summed E-state index contributed by atoms with van der Waals surface area (Å²) in [6.45, 7) is 4.11. The Morgan fingerprint density at radius 1 is 1.44 bits per heavy atom. The number of carbonyl (C=O) groups is 1. The van der Waals surface area contributed by atoms with Gasteiger partial charge < -0.3 is 4.98 Å². The third-order valence-corrected chi connectivity index (χ3v) is 3.94. The highest BCUT2D eigenvalue weighted by molar-refractivity contribution is 6.31. The van der Waals surface area contributed by atoms with E-state index in [0.29, 0.717) is 10.7 Å². The molecule has 2 aromatic heterocycles. The van der Waals surface area contributed by atoms with Gasteiger partial charge in [0.05, 0.1) is 17.2 Å². The summed E-state index contributed by atoms with van der Waals surface area (Å²) >= 11 is 6.03. The molecular weight excluding hydrogens is 344 g/mol. The first-order chi connectivity index (χ1) is 12.0. The number of nitrogens with zero attached hydrogens (tertiary/aromatic N) is 4. The molecule has 2 heterocycles. The lowest BCUT2D eigenvalue weighted by molar-refractivity contribution is -0.124. The second-order valence-electron chi connectivity index (χ2n) is 5.91. The molecule has 0 saturated heterocycles.